The number of nitrogens with two attached hydrogens (primary N) is 1. The Kier molecular flexibility index (Phi) is 6.31. The van der Waals surface area contributed by atoms with Crippen LogP contribution in [0.15, 0.2) is 48.5 Å². The summed E-state index contributed by atoms with van der Waals surface area (Å²) in [5.74, 6) is 0.365. The normalized spacial score (nSPS) is 15.8. The molecule has 28 heavy (non-hydrogen) atoms. The number of carbonyl (C=O) groups is 2. The lowest BCUT2D eigenvalue weighted by atomic mass is 9.94. The third kappa shape index (κ3) is 4.51. The van der Waals surface area contributed by atoms with Crippen LogP contribution in [-0.2, 0) is 9.59 Å². The van der Waals surface area contributed by atoms with E-state index in [1.807, 2.05) is 55.5 Å². The van der Waals surface area contributed by atoms with Gasteiger partial charge in [0.05, 0.1) is 12.8 Å². The van der Waals surface area contributed by atoms with Crippen molar-refractivity contribution < 1.29 is 14.3 Å². The van der Waals surface area contributed by atoms with Gasteiger partial charge in [0.25, 0.3) is 0 Å². The van der Waals surface area contributed by atoms with Crippen molar-refractivity contribution >= 4 is 17.5 Å². The van der Waals surface area contributed by atoms with Gasteiger partial charge in [0.15, 0.2) is 0 Å². The number of piperidine rings is 1. The van der Waals surface area contributed by atoms with Crippen LogP contribution < -0.4 is 15.8 Å². The summed E-state index contributed by atoms with van der Waals surface area (Å²) in [5.41, 5.74) is 8.77. The topological polar surface area (TPSA) is 84.7 Å². The van der Waals surface area contributed by atoms with Crippen molar-refractivity contribution in [3.63, 3.8) is 0 Å². The maximum atomic E-state index is 12.7. The third-order valence-electron chi connectivity index (χ3n) is 5.24. The number of nitrogens with zero attached hydrogens (tertiary/aromatic N) is 1. The average molecular weight is 381 g/mol. The summed E-state index contributed by atoms with van der Waals surface area (Å²) in [4.78, 5) is 27.1. The first-order valence-corrected chi connectivity index (χ1v) is 9.54. The van der Waals surface area contributed by atoms with Crippen LogP contribution in [0.25, 0.3) is 0 Å². The van der Waals surface area contributed by atoms with Crippen LogP contribution in [0.1, 0.15) is 30.0 Å². The molecule has 2 aromatic rings. The van der Waals surface area contributed by atoms with Crippen molar-refractivity contribution in [2.45, 2.75) is 25.8 Å². The predicted molar refractivity (Wildman–Crippen MR) is 109 cm³/mol. The first-order chi connectivity index (χ1) is 13.5. The zero-order valence-corrected chi connectivity index (χ0v) is 16.4. The van der Waals surface area contributed by atoms with E-state index in [1.54, 1.807) is 12.0 Å². The number of anilines is 1. The smallest absolute Gasteiger partial charge is 0.244 e. The summed E-state index contributed by atoms with van der Waals surface area (Å²) in [6.07, 6.45) is 1.24. The van der Waals surface area contributed by atoms with E-state index in [4.69, 9.17) is 10.5 Å². The number of carbonyl (C=O) groups excluding carboxylic acids is 2. The van der Waals surface area contributed by atoms with E-state index in [0.717, 1.165) is 11.1 Å². The Balaban J connectivity index is 1.55. The monoisotopic (exact) mass is 381 g/mol. The van der Waals surface area contributed by atoms with E-state index in [-0.39, 0.29) is 17.7 Å². The number of likely N-dealkylation sites (tertiary alicyclic amines) is 1. The van der Waals surface area contributed by atoms with E-state index >= 15 is 0 Å². The fraction of sp³-hybridized carbons (Fsp3) is 0.364. The number of hydrogen-bond donors (Lipinski definition) is 2. The lowest BCUT2D eigenvalue weighted by Crippen LogP contribution is -2.45. The van der Waals surface area contributed by atoms with Crippen LogP contribution in [0, 0.1) is 12.8 Å². The fourth-order valence-electron chi connectivity index (χ4n) is 3.46. The summed E-state index contributed by atoms with van der Waals surface area (Å²) >= 11 is 0. The van der Waals surface area contributed by atoms with Gasteiger partial charge in [-0.2, -0.15) is 0 Å². The van der Waals surface area contributed by atoms with Gasteiger partial charge in [-0.15, -0.1) is 0 Å². The van der Waals surface area contributed by atoms with Gasteiger partial charge in [-0.25, -0.2) is 0 Å². The Morgan fingerprint density at radius 3 is 2.39 bits per heavy atom. The van der Waals surface area contributed by atoms with Crippen LogP contribution in [-0.4, -0.2) is 36.9 Å². The minimum absolute atomic E-state index is 0.0422. The number of methoxy groups -OCH3 is 1. The van der Waals surface area contributed by atoms with E-state index in [1.165, 1.54) is 0 Å². The van der Waals surface area contributed by atoms with Gasteiger partial charge in [0, 0.05) is 19.0 Å². The van der Waals surface area contributed by atoms with Crippen molar-refractivity contribution in [3.8, 4) is 5.75 Å². The molecule has 6 heteroatoms. The molecule has 148 valence electrons. The average Bonchev–Trinajstić information content (AvgIpc) is 2.73. The molecule has 2 amide bonds. The molecule has 1 fully saturated rings. The molecule has 0 radical (unpaired) electrons. The standard InChI is InChI=1S/C22H27N3O3/c1-15-7-9-16(10-8-15)20(23)22(27)25-13-11-17(12-14-25)21(26)24-18-5-3-4-6-19(18)28-2/h3-10,17,20H,11-14,23H2,1-2H3,(H,24,26). The van der Waals surface area contributed by atoms with Gasteiger partial charge in [-0.1, -0.05) is 42.0 Å². The molecule has 1 unspecified atom stereocenters. The number of aryl methyl sites for hydroxylation is 1. The largest absolute Gasteiger partial charge is 0.495 e. The van der Waals surface area contributed by atoms with Gasteiger partial charge in [-0.05, 0) is 37.5 Å². The predicted octanol–water partition coefficient (Wildman–Crippen LogP) is 2.88. The summed E-state index contributed by atoms with van der Waals surface area (Å²) in [6, 6.07) is 14.4. The first kappa shape index (κ1) is 19.9. The van der Waals surface area contributed by atoms with E-state index in [0.29, 0.717) is 37.4 Å². The molecule has 1 aliphatic heterocycles. The highest BCUT2D eigenvalue weighted by Gasteiger charge is 2.30. The highest BCUT2D eigenvalue weighted by atomic mass is 16.5. The fourth-order valence-corrected chi connectivity index (χ4v) is 3.46. The zero-order valence-electron chi connectivity index (χ0n) is 16.4. The van der Waals surface area contributed by atoms with E-state index in [2.05, 4.69) is 5.32 Å². The van der Waals surface area contributed by atoms with Crippen molar-refractivity contribution in [1.29, 1.82) is 0 Å². The number of ether oxygens (including phenoxy) is 1. The number of benzene rings is 2. The Bertz CT molecular complexity index is 827. The molecule has 6 nitrogen and oxygen atoms in total. The molecule has 0 aromatic heterocycles. The van der Waals surface area contributed by atoms with Crippen LogP contribution in [0.5, 0.6) is 5.75 Å². The molecular formula is C22H27N3O3. The van der Waals surface area contributed by atoms with Gasteiger partial charge >= 0.3 is 0 Å². The summed E-state index contributed by atoms with van der Waals surface area (Å²) < 4.78 is 5.28. The van der Waals surface area contributed by atoms with Crippen LogP contribution in [0.3, 0.4) is 0 Å². The SMILES string of the molecule is COc1ccccc1NC(=O)C1CCN(C(=O)C(N)c2ccc(C)cc2)CC1. The molecule has 2 aromatic carbocycles. The van der Waals surface area contributed by atoms with Crippen molar-refractivity contribution in [3.05, 3.63) is 59.7 Å². The lowest BCUT2D eigenvalue weighted by Gasteiger charge is -2.33. The highest BCUT2D eigenvalue weighted by molar-refractivity contribution is 5.94. The molecule has 0 saturated carbocycles. The van der Waals surface area contributed by atoms with Crippen molar-refractivity contribution in [1.82, 2.24) is 4.90 Å². The Morgan fingerprint density at radius 2 is 1.75 bits per heavy atom. The zero-order chi connectivity index (χ0) is 20.1. The van der Waals surface area contributed by atoms with Crippen molar-refractivity contribution in [2.24, 2.45) is 11.7 Å². The first-order valence-electron chi connectivity index (χ1n) is 9.54. The van der Waals surface area contributed by atoms with Gasteiger partial charge in [0.1, 0.15) is 11.8 Å². The maximum Gasteiger partial charge on any atom is 0.244 e. The minimum atomic E-state index is -0.667. The van der Waals surface area contributed by atoms with Crippen LogP contribution in [0.4, 0.5) is 5.69 Å². The Morgan fingerprint density at radius 1 is 1.11 bits per heavy atom. The van der Waals surface area contributed by atoms with E-state index < -0.39 is 6.04 Å². The number of rotatable bonds is 5. The summed E-state index contributed by atoms with van der Waals surface area (Å²) in [6.45, 7) is 3.06. The highest BCUT2D eigenvalue weighted by Crippen LogP contribution is 2.26. The Hall–Kier alpha value is -2.86. The quantitative estimate of drug-likeness (QED) is 0.834. The Labute approximate surface area is 165 Å². The number of amides is 2. The molecule has 1 aliphatic rings. The van der Waals surface area contributed by atoms with Gasteiger partial charge in [-0.3, -0.25) is 9.59 Å². The van der Waals surface area contributed by atoms with Crippen LogP contribution in [0.2, 0.25) is 0 Å². The summed E-state index contributed by atoms with van der Waals surface area (Å²) in [7, 11) is 1.58. The number of hydrogen-bond acceptors (Lipinski definition) is 4. The molecule has 3 N–H and O–H groups in total. The molecule has 0 bridgehead atoms. The second kappa shape index (κ2) is 8.89. The molecular weight excluding hydrogens is 354 g/mol. The maximum absolute atomic E-state index is 12.7. The van der Waals surface area contributed by atoms with E-state index in [9.17, 15) is 9.59 Å². The number of nitrogens with one attached hydrogen (secondary N) is 1. The summed E-state index contributed by atoms with van der Waals surface area (Å²) in [5, 5.41) is 2.94. The third-order valence-corrected chi connectivity index (χ3v) is 5.24. The molecule has 3 rings (SSSR count). The molecule has 0 spiro atoms. The van der Waals surface area contributed by atoms with Crippen molar-refractivity contribution in [2.75, 3.05) is 25.5 Å². The molecule has 1 atom stereocenters. The molecule has 1 heterocycles. The second-order valence-corrected chi connectivity index (χ2v) is 7.18. The minimum Gasteiger partial charge on any atom is -0.495 e. The molecule has 0 aliphatic carbocycles. The number of para-hydroxylation sites is 2. The molecule has 1 saturated heterocycles. The van der Waals surface area contributed by atoms with Gasteiger partial charge < -0.3 is 20.7 Å². The lowest BCUT2D eigenvalue weighted by molar-refractivity contribution is -0.135. The van der Waals surface area contributed by atoms with Gasteiger partial charge in [0.2, 0.25) is 11.8 Å². The second-order valence-electron chi connectivity index (χ2n) is 7.18. The van der Waals surface area contributed by atoms with Crippen LogP contribution >= 0.6 is 0 Å².